The number of aliphatic hydroxyl groups is 1. The Balaban J connectivity index is 1.70. The Morgan fingerprint density at radius 1 is 1.20 bits per heavy atom. The Morgan fingerprint density at radius 3 is 2.57 bits per heavy atom. The van der Waals surface area contributed by atoms with Gasteiger partial charge in [-0.1, -0.05) is 6.42 Å². The highest BCUT2D eigenvalue weighted by atomic mass is 32.1. The molecule has 0 radical (unpaired) electrons. The van der Waals surface area contributed by atoms with E-state index in [1.807, 2.05) is 0 Å². The van der Waals surface area contributed by atoms with E-state index in [0.29, 0.717) is 29.9 Å². The summed E-state index contributed by atoms with van der Waals surface area (Å²) in [5.41, 5.74) is -0.834. The van der Waals surface area contributed by atoms with Crippen LogP contribution in [0.4, 0.5) is 5.00 Å². The Kier molecular flexibility index (Phi) is 6.94. The lowest BCUT2D eigenvalue weighted by Gasteiger charge is -2.29. The second-order valence-corrected chi connectivity index (χ2v) is 8.08. The third-order valence-corrected chi connectivity index (χ3v) is 5.82. The predicted octanol–water partition coefficient (Wildman–Crippen LogP) is 3.67. The second kappa shape index (κ2) is 9.44. The number of ether oxygens (including phenoxy) is 2. The molecule has 2 aromatic rings. The van der Waals surface area contributed by atoms with Gasteiger partial charge in [0.15, 0.2) is 12.2 Å². The van der Waals surface area contributed by atoms with E-state index in [1.54, 1.807) is 31.4 Å². The molecule has 1 aliphatic rings. The van der Waals surface area contributed by atoms with Crippen molar-refractivity contribution >= 4 is 34.2 Å². The molecular weight excluding hydrogens is 410 g/mol. The summed E-state index contributed by atoms with van der Waals surface area (Å²) in [6.45, 7) is 3.09. The Hall–Kier alpha value is -2.65. The predicted molar refractivity (Wildman–Crippen MR) is 110 cm³/mol. The van der Waals surface area contributed by atoms with Crippen molar-refractivity contribution in [2.24, 2.45) is 0 Å². The van der Waals surface area contributed by atoms with Crippen molar-refractivity contribution in [2.45, 2.75) is 51.6 Å². The van der Waals surface area contributed by atoms with Crippen LogP contribution in [-0.2, 0) is 19.1 Å². The van der Waals surface area contributed by atoms with Crippen molar-refractivity contribution in [3.8, 4) is 11.3 Å². The third-order valence-electron chi connectivity index (χ3n) is 4.92. The summed E-state index contributed by atoms with van der Waals surface area (Å²) in [4.78, 5) is 37.0. The minimum Gasteiger partial charge on any atom is -0.462 e. The molecule has 3 rings (SSSR count). The summed E-state index contributed by atoms with van der Waals surface area (Å²) in [7, 11) is 0. The van der Waals surface area contributed by atoms with Gasteiger partial charge in [0, 0.05) is 10.9 Å². The molecule has 0 aliphatic heterocycles. The number of esters is 2. The van der Waals surface area contributed by atoms with Crippen molar-refractivity contribution in [3.05, 3.63) is 28.8 Å². The number of hydrogen-bond acceptors (Lipinski definition) is 8. The van der Waals surface area contributed by atoms with Crippen molar-refractivity contribution in [1.82, 2.24) is 0 Å². The number of aryl methyl sites for hydroxylation is 1. The smallest absolute Gasteiger partial charge is 0.341 e. The highest BCUT2D eigenvalue weighted by Crippen LogP contribution is 2.37. The summed E-state index contributed by atoms with van der Waals surface area (Å²) < 4.78 is 15.8. The maximum absolute atomic E-state index is 12.5. The van der Waals surface area contributed by atoms with Crippen molar-refractivity contribution in [2.75, 3.05) is 18.5 Å². The van der Waals surface area contributed by atoms with Crippen LogP contribution in [-0.4, -0.2) is 41.8 Å². The molecule has 2 N–H and O–H groups in total. The van der Waals surface area contributed by atoms with Crippen LogP contribution in [0.25, 0.3) is 11.3 Å². The zero-order valence-electron chi connectivity index (χ0n) is 17.0. The number of nitrogens with one attached hydrogen (secondary N) is 1. The highest BCUT2D eigenvalue weighted by Gasteiger charge is 2.39. The molecule has 0 spiro atoms. The van der Waals surface area contributed by atoms with Gasteiger partial charge in [-0.2, -0.15) is 0 Å². The first-order valence-corrected chi connectivity index (χ1v) is 10.8. The first-order valence-electron chi connectivity index (χ1n) is 9.89. The molecule has 1 aliphatic carbocycles. The van der Waals surface area contributed by atoms with Crippen LogP contribution < -0.4 is 5.32 Å². The van der Waals surface area contributed by atoms with Crippen LogP contribution in [0.2, 0.25) is 0 Å². The maximum Gasteiger partial charge on any atom is 0.341 e. The number of furan rings is 1. The van der Waals surface area contributed by atoms with E-state index in [2.05, 4.69) is 5.32 Å². The molecule has 0 bridgehead atoms. The Labute approximate surface area is 178 Å². The lowest BCUT2D eigenvalue weighted by atomic mass is 9.85. The van der Waals surface area contributed by atoms with Crippen LogP contribution in [0.5, 0.6) is 0 Å². The second-order valence-electron chi connectivity index (χ2n) is 7.20. The number of carbonyl (C=O) groups excluding carboxylic acids is 3. The number of rotatable bonds is 7. The lowest BCUT2D eigenvalue weighted by molar-refractivity contribution is -0.170. The quantitative estimate of drug-likeness (QED) is 0.638. The molecule has 8 nitrogen and oxygen atoms in total. The molecule has 1 saturated carbocycles. The average molecular weight is 435 g/mol. The minimum atomic E-state index is -1.53. The summed E-state index contributed by atoms with van der Waals surface area (Å²) in [5, 5.41) is 14.9. The van der Waals surface area contributed by atoms with E-state index in [0.717, 1.165) is 30.6 Å². The zero-order chi connectivity index (χ0) is 21.7. The summed E-state index contributed by atoms with van der Waals surface area (Å²) in [6, 6.07) is 3.51. The number of hydrogen-bond donors (Lipinski definition) is 2. The monoisotopic (exact) mass is 435 g/mol. The normalized spacial score (nSPS) is 15.4. The van der Waals surface area contributed by atoms with Crippen LogP contribution >= 0.6 is 11.3 Å². The topological polar surface area (TPSA) is 115 Å². The van der Waals surface area contributed by atoms with Crippen LogP contribution in [0.3, 0.4) is 0 Å². The fraction of sp³-hybridized carbons (Fsp3) is 0.476. The van der Waals surface area contributed by atoms with Crippen LogP contribution in [0.15, 0.2) is 21.9 Å². The molecule has 1 amide bonds. The van der Waals surface area contributed by atoms with Crippen molar-refractivity contribution in [1.29, 1.82) is 0 Å². The van der Waals surface area contributed by atoms with Crippen LogP contribution in [0, 0.1) is 6.92 Å². The van der Waals surface area contributed by atoms with Gasteiger partial charge in [-0.05, 0) is 51.7 Å². The van der Waals surface area contributed by atoms with Gasteiger partial charge >= 0.3 is 11.9 Å². The summed E-state index contributed by atoms with van der Waals surface area (Å²) in [5.74, 6) is -0.827. The first-order chi connectivity index (χ1) is 14.3. The first kappa shape index (κ1) is 22.0. The Bertz CT molecular complexity index is 924. The van der Waals surface area contributed by atoms with Gasteiger partial charge < -0.3 is 24.3 Å². The van der Waals surface area contributed by atoms with E-state index < -0.39 is 30.1 Å². The fourth-order valence-corrected chi connectivity index (χ4v) is 4.34. The fourth-order valence-electron chi connectivity index (χ4n) is 3.39. The van der Waals surface area contributed by atoms with Gasteiger partial charge in [0.05, 0.1) is 6.61 Å². The molecule has 1 fully saturated rings. The molecule has 0 saturated heterocycles. The van der Waals surface area contributed by atoms with Gasteiger partial charge in [0.25, 0.3) is 5.91 Å². The van der Waals surface area contributed by atoms with E-state index >= 15 is 0 Å². The average Bonchev–Trinajstić information content (AvgIpc) is 3.33. The van der Waals surface area contributed by atoms with Crippen LogP contribution in [0.1, 0.15) is 55.1 Å². The zero-order valence-corrected chi connectivity index (χ0v) is 17.8. The minimum absolute atomic E-state index is 0.175. The van der Waals surface area contributed by atoms with Gasteiger partial charge in [-0.3, -0.25) is 4.79 Å². The molecule has 30 heavy (non-hydrogen) atoms. The number of thiophene rings is 1. The van der Waals surface area contributed by atoms with Gasteiger partial charge in [0.1, 0.15) is 22.1 Å². The van der Waals surface area contributed by atoms with Gasteiger partial charge in [0.2, 0.25) is 0 Å². The van der Waals surface area contributed by atoms with E-state index in [-0.39, 0.29) is 17.2 Å². The molecule has 2 heterocycles. The largest absolute Gasteiger partial charge is 0.462 e. The lowest BCUT2D eigenvalue weighted by Crippen LogP contribution is -2.42. The summed E-state index contributed by atoms with van der Waals surface area (Å²) >= 11 is 1.14. The van der Waals surface area contributed by atoms with E-state index in [4.69, 9.17) is 13.9 Å². The molecule has 162 valence electrons. The molecule has 0 atom stereocenters. The molecular formula is C21H25NO7S. The highest BCUT2D eigenvalue weighted by molar-refractivity contribution is 7.15. The van der Waals surface area contributed by atoms with Gasteiger partial charge in [-0.25, -0.2) is 9.59 Å². The molecule has 0 unspecified atom stereocenters. The third kappa shape index (κ3) is 4.91. The maximum atomic E-state index is 12.5. The SMILES string of the molecule is CCOC(=O)c1c(-c2ccc(C)o2)csc1NC(=O)COC(=O)C1(O)CCCCC1. The molecule has 2 aromatic heterocycles. The Morgan fingerprint density at radius 2 is 1.93 bits per heavy atom. The van der Waals surface area contributed by atoms with Crippen molar-refractivity contribution < 1.29 is 33.4 Å². The molecule has 0 aromatic carbocycles. The summed E-state index contributed by atoms with van der Waals surface area (Å²) in [6.07, 6.45) is 3.10. The van der Waals surface area contributed by atoms with E-state index in [1.165, 1.54) is 0 Å². The van der Waals surface area contributed by atoms with E-state index in [9.17, 15) is 19.5 Å². The number of anilines is 1. The van der Waals surface area contributed by atoms with Gasteiger partial charge in [-0.15, -0.1) is 11.3 Å². The van der Waals surface area contributed by atoms with Crippen molar-refractivity contribution in [3.63, 3.8) is 0 Å². The number of amides is 1. The standard InChI is InChI=1S/C21H25NO7S/c1-3-27-19(24)17-14(15-8-7-13(2)29-15)12-30-18(17)22-16(23)11-28-20(25)21(26)9-5-4-6-10-21/h7-8,12,26H,3-6,9-11H2,1-2H3,(H,22,23). The molecule has 9 heteroatoms. The number of carbonyl (C=O) groups is 3.